The number of aliphatic carboxylic acids is 1. The highest BCUT2D eigenvalue weighted by Crippen LogP contribution is 2.25. The zero-order valence-corrected chi connectivity index (χ0v) is 7.71. The average Bonchev–Trinajstić information content (AvgIpc) is 2.07. The molecule has 1 aromatic rings. The van der Waals surface area contributed by atoms with E-state index in [-0.39, 0.29) is 0 Å². The Morgan fingerprint density at radius 2 is 2.46 bits per heavy atom. The summed E-state index contributed by atoms with van der Waals surface area (Å²) in [7, 11) is 0. The first-order valence-electron chi connectivity index (χ1n) is 3.57. The van der Waals surface area contributed by atoms with Crippen molar-refractivity contribution in [2.75, 3.05) is 6.61 Å². The van der Waals surface area contributed by atoms with E-state index in [0.717, 1.165) is 0 Å². The van der Waals surface area contributed by atoms with Gasteiger partial charge in [0.05, 0.1) is 5.69 Å². The van der Waals surface area contributed by atoms with E-state index in [4.69, 9.17) is 21.4 Å². The molecule has 1 heterocycles. The number of carboxylic acid groups (broad SMARTS) is 1. The smallest absolute Gasteiger partial charge is 0.341 e. The van der Waals surface area contributed by atoms with E-state index in [1.165, 1.54) is 12.3 Å². The molecule has 0 atom stereocenters. The molecule has 70 valence electrons. The van der Waals surface area contributed by atoms with Gasteiger partial charge in [-0.05, 0) is 6.92 Å². The zero-order valence-electron chi connectivity index (χ0n) is 6.95. The van der Waals surface area contributed by atoms with E-state index >= 15 is 0 Å². The van der Waals surface area contributed by atoms with Crippen LogP contribution in [0.4, 0.5) is 0 Å². The summed E-state index contributed by atoms with van der Waals surface area (Å²) in [5.41, 5.74) is 0.615. The fourth-order valence-electron chi connectivity index (χ4n) is 0.776. The van der Waals surface area contributed by atoms with E-state index in [1.54, 1.807) is 6.92 Å². The quantitative estimate of drug-likeness (QED) is 0.805. The van der Waals surface area contributed by atoms with Crippen LogP contribution in [0.2, 0.25) is 5.02 Å². The van der Waals surface area contributed by atoms with Crippen molar-refractivity contribution in [1.29, 1.82) is 0 Å². The molecule has 0 aromatic carbocycles. The van der Waals surface area contributed by atoms with Crippen LogP contribution >= 0.6 is 11.6 Å². The molecule has 0 saturated heterocycles. The van der Waals surface area contributed by atoms with Crippen molar-refractivity contribution >= 4 is 17.6 Å². The minimum absolute atomic E-state index is 0.344. The van der Waals surface area contributed by atoms with Crippen LogP contribution in [0.3, 0.4) is 0 Å². The van der Waals surface area contributed by atoms with Crippen molar-refractivity contribution in [3.8, 4) is 5.75 Å². The van der Waals surface area contributed by atoms with Crippen LogP contribution in [0.1, 0.15) is 5.69 Å². The van der Waals surface area contributed by atoms with Crippen LogP contribution in [0.5, 0.6) is 5.75 Å². The zero-order chi connectivity index (χ0) is 9.84. The highest BCUT2D eigenvalue weighted by atomic mass is 35.5. The molecule has 0 amide bonds. The van der Waals surface area contributed by atoms with Gasteiger partial charge in [-0.3, -0.25) is 4.98 Å². The summed E-state index contributed by atoms with van der Waals surface area (Å²) < 4.78 is 4.91. The summed E-state index contributed by atoms with van der Waals surface area (Å²) in [6.07, 6.45) is 1.51. The summed E-state index contributed by atoms with van der Waals surface area (Å²) >= 11 is 5.80. The Bertz CT molecular complexity index is 327. The van der Waals surface area contributed by atoms with E-state index in [1.807, 2.05) is 0 Å². The molecule has 4 nitrogen and oxygen atoms in total. The maximum absolute atomic E-state index is 10.2. The van der Waals surface area contributed by atoms with Gasteiger partial charge in [0.1, 0.15) is 10.8 Å². The van der Waals surface area contributed by atoms with Crippen molar-refractivity contribution in [3.63, 3.8) is 0 Å². The predicted octanol–water partition coefficient (Wildman–Crippen LogP) is 1.51. The molecule has 0 radical (unpaired) electrons. The summed E-state index contributed by atoms with van der Waals surface area (Å²) in [5.74, 6) is -0.693. The van der Waals surface area contributed by atoms with Gasteiger partial charge in [0.2, 0.25) is 0 Å². The molecule has 0 aliphatic rings. The lowest BCUT2D eigenvalue weighted by molar-refractivity contribution is -0.139. The second-order valence-corrected chi connectivity index (χ2v) is 2.77. The molecule has 1 N–H and O–H groups in total. The molecule has 1 rings (SSSR count). The Labute approximate surface area is 80.1 Å². The molecule has 1 aromatic heterocycles. The Morgan fingerprint density at radius 1 is 1.77 bits per heavy atom. The van der Waals surface area contributed by atoms with Crippen LogP contribution in [0.25, 0.3) is 0 Å². The number of pyridine rings is 1. The van der Waals surface area contributed by atoms with Gasteiger partial charge >= 0.3 is 5.97 Å². The lowest BCUT2D eigenvalue weighted by Gasteiger charge is -2.05. The molecule has 5 heteroatoms. The fourth-order valence-corrected chi connectivity index (χ4v) is 0.942. The molecule has 0 aliphatic heterocycles. The van der Waals surface area contributed by atoms with Crippen molar-refractivity contribution in [2.24, 2.45) is 0 Å². The molecule has 0 bridgehead atoms. The second-order valence-electron chi connectivity index (χ2n) is 2.39. The third-order valence-corrected chi connectivity index (χ3v) is 1.84. The predicted molar refractivity (Wildman–Crippen MR) is 47.1 cm³/mol. The Balaban J connectivity index is 2.77. The summed E-state index contributed by atoms with van der Waals surface area (Å²) in [4.78, 5) is 14.1. The number of halogens is 1. The first-order valence-corrected chi connectivity index (χ1v) is 3.94. The average molecular weight is 202 g/mol. The van der Waals surface area contributed by atoms with Gasteiger partial charge in [-0.2, -0.15) is 0 Å². The number of aryl methyl sites for hydroxylation is 1. The number of carboxylic acids is 1. The van der Waals surface area contributed by atoms with Gasteiger partial charge in [0.15, 0.2) is 6.61 Å². The minimum Gasteiger partial charge on any atom is -0.480 e. The lowest BCUT2D eigenvalue weighted by Crippen LogP contribution is -2.09. The molecular formula is C8H8ClNO3. The van der Waals surface area contributed by atoms with Crippen LogP contribution in [0, 0.1) is 6.92 Å². The Morgan fingerprint density at radius 3 is 3.08 bits per heavy atom. The molecule has 13 heavy (non-hydrogen) atoms. The number of carbonyl (C=O) groups is 1. The number of ether oxygens (including phenoxy) is 1. The molecule has 0 saturated carbocycles. The van der Waals surface area contributed by atoms with Gasteiger partial charge in [-0.1, -0.05) is 11.6 Å². The maximum Gasteiger partial charge on any atom is 0.341 e. The van der Waals surface area contributed by atoms with E-state index in [9.17, 15) is 4.79 Å². The highest BCUT2D eigenvalue weighted by molar-refractivity contribution is 6.32. The SMILES string of the molecule is Cc1nccc(OCC(=O)O)c1Cl. The van der Waals surface area contributed by atoms with Crippen molar-refractivity contribution < 1.29 is 14.6 Å². The highest BCUT2D eigenvalue weighted by Gasteiger charge is 2.06. The maximum atomic E-state index is 10.2. The molecular weight excluding hydrogens is 194 g/mol. The lowest BCUT2D eigenvalue weighted by atomic mass is 10.3. The van der Waals surface area contributed by atoms with Gasteiger partial charge in [0.25, 0.3) is 0 Å². The monoisotopic (exact) mass is 201 g/mol. The number of rotatable bonds is 3. The van der Waals surface area contributed by atoms with Gasteiger partial charge < -0.3 is 9.84 Å². The number of hydrogen-bond acceptors (Lipinski definition) is 3. The van der Waals surface area contributed by atoms with Crippen molar-refractivity contribution in [1.82, 2.24) is 4.98 Å². The molecule has 0 fully saturated rings. The van der Waals surface area contributed by atoms with Gasteiger partial charge in [0, 0.05) is 12.3 Å². The first-order chi connectivity index (χ1) is 6.11. The molecule has 0 unspecified atom stereocenters. The topological polar surface area (TPSA) is 59.4 Å². The van der Waals surface area contributed by atoms with Crippen LogP contribution in [-0.4, -0.2) is 22.7 Å². The summed E-state index contributed by atoms with van der Waals surface area (Å²) in [6, 6.07) is 1.53. The minimum atomic E-state index is -1.04. The third kappa shape index (κ3) is 2.59. The van der Waals surface area contributed by atoms with Crippen LogP contribution in [0.15, 0.2) is 12.3 Å². The van der Waals surface area contributed by atoms with Crippen molar-refractivity contribution in [3.05, 3.63) is 23.0 Å². The standard InChI is InChI=1S/C8H8ClNO3/c1-5-8(9)6(2-3-10-5)13-4-7(11)12/h2-3H,4H2,1H3,(H,11,12). The van der Waals surface area contributed by atoms with Crippen molar-refractivity contribution in [2.45, 2.75) is 6.92 Å². The van der Waals surface area contributed by atoms with E-state index in [0.29, 0.717) is 16.5 Å². The summed E-state index contributed by atoms with van der Waals surface area (Å²) in [6.45, 7) is 1.32. The summed E-state index contributed by atoms with van der Waals surface area (Å²) in [5, 5.41) is 8.70. The van der Waals surface area contributed by atoms with E-state index < -0.39 is 12.6 Å². The number of hydrogen-bond donors (Lipinski definition) is 1. The van der Waals surface area contributed by atoms with E-state index in [2.05, 4.69) is 4.98 Å². The molecule has 0 aliphatic carbocycles. The van der Waals surface area contributed by atoms with Gasteiger partial charge in [-0.25, -0.2) is 4.79 Å². The normalized spacial score (nSPS) is 9.69. The van der Waals surface area contributed by atoms with Gasteiger partial charge in [-0.15, -0.1) is 0 Å². The number of nitrogens with zero attached hydrogens (tertiary/aromatic N) is 1. The first kappa shape index (κ1) is 9.80. The Kier molecular flexibility index (Phi) is 3.08. The third-order valence-electron chi connectivity index (χ3n) is 1.38. The second kappa shape index (κ2) is 4.09. The fraction of sp³-hybridized carbons (Fsp3) is 0.250. The molecule has 0 spiro atoms. The Hall–Kier alpha value is -1.29. The largest absolute Gasteiger partial charge is 0.480 e. The number of aromatic nitrogens is 1. The van der Waals surface area contributed by atoms with Crippen LogP contribution in [-0.2, 0) is 4.79 Å². The van der Waals surface area contributed by atoms with Crippen LogP contribution < -0.4 is 4.74 Å².